The highest BCUT2D eigenvalue weighted by Gasteiger charge is 2.11. The minimum absolute atomic E-state index is 0.158. The number of benzene rings is 3. The van der Waals surface area contributed by atoms with E-state index in [4.69, 9.17) is 4.74 Å². The number of aryl methyl sites for hydroxylation is 1. The summed E-state index contributed by atoms with van der Waals surface area (Å²) in [6.07, 6.45) is 0. The number of hydrogen-bond donors (Lipinski definition) is 2. The van der Waals surface area contributed by atoms with Crippen LogP contribution in [0.25, 0.3) is 0 Å². The first-order valence-corrected chi connectivity index (χ1v) is 8.54. The molecule has 5 nitrogen and oxygen atoms in total. The Morgan fingerprint density at radius 1 is 0.815 bits per heavy atom. The summed E-state index contributed by atoms with van der Waals surface area (Å²) in [6.45, 7) is 3.45. The third kappa shape index (κ3) is 4.95. The zero-order valence-corrected chi connectivity index (χ0v) is 15.2. The van der Waals surface area contributed by atoms with Crippen molar-refractivity contribution in [1.82, 2.24) is 0 Å². The van der Waals surface area contributed by atoms with Crippen LogP contribution < -0.4 is 15.4 Å². The van der Waals surface area contributed by atoms with Crippen LogP contribution in [0, 0.1) is 6.92 Å². The van der Waals surface area contributed by atoms with Crippen molar-refractivity contribution in [2.45, 2.75) is 13.8 Å². The van der Waals surface area contributed by atoms with Crippen molar-refractivity contribution in [3.05, 3.63) is 83.9 Å². The normalized spacial score (nSPS) is 10.1. The maximum Gasteiger partial charge on any atom is 0.255 e. The van der Waals surface area contributed by atoms with Gasteiger partial charge in [-0.15, -0.1) is 0 Å². The van der Waals surface area contributed by atoms with Gasteiger partial charge in [0.2, 0.25) is 5.91 Å². The van der Waals surface area contributed by atoms with Crippen LogP contribution in [0.1, 0.15) is 22.8 Å². The molecule has 3 aromatic rings. The predicted octanol–water partition coefficient (Wildman–Crippen LogP) is 5.00. The molecule has 0 bridgehead atoms. The molecule has 0 aliphatic rings. The lowest BCUT2D eigenvalue weighted by atomic mass is 10.2. The molecule has 0 saturated heterocycles. The first kappa shape index (κ1) is 18.2. The van der Waals surface area contributed by atoms with E-state index >= 15 is 0 Å². The molecule has 0 radical (unpaired) electrons. The molecule has 3 rings (SSSR count). The standard InChI is InChI=1S/C22H20N2O3/c1-15-7-13-19(14-8-15)27-21-6-4-3-5-20(21)24-22(26)17-9-11-18(12-10-17)23-16(2)25/h3-14H,1-2H3,(H,23,25)(H,24,26). The Kier molecular flexibility index (Phi) is 5.52. The van der Waals surface area contributed by atoms with Crippen LogP contribution in [0.15, 0.2) is 72.8 Å². The van der Waals surface area contributed by atoms with E-state index in [0.717, 1.165) is 5.56 Å². The molecule has 3 aromatic carbocycles. The van der Waals surface area contributed by atoms with Crippen molar-refractivity contribution in [1.29, 1.82) is 0 Å². The summed E-state index contributed by atoms with van der Waals surface area (Å²) < 4.78 is 5.90. The maximum absolute atomic E-state index is 12.5. The number of rotatable bonds is 5. The Morgan fingerprint density at radius 2 is 1.48 bits per heavy atom. The van der Waals surface area contributed by atoms with E-state index in [-0.39, 0.29) is 11.8 Å². The number of para-hydroxylation sites is 2. The van der Waals surface area contributed by atoms with Crippen LogP contribution in [0.4, 0.5) is 11.4 Å². The number of nitrogens with one attached hydrogen (secondary N) is 2. The Labute approximate surface area is 158 Å². The van der Waals surface area contributed by atoms with Crippen LogP contribution in [0.2, 0.25) is 0 Å². The third-order valence-corrected chi connectivity index (χ3v) is 3.85. The lowest BCUT2D eigenvalue weighted by Gasteiger charge is -2.12. The first-order chi connectivity index (χ1) is 13.0. The van der Waals surface area contributed by atoms with Crippen LogP contribution in [0.3, 0.4) is 0 Å². The lowest BCUT2D eigenvalue weighted by molar-refractivity contribution is -0.114. The minimum atomic E-state index is -0.260. The van der Waals surface area contributed by atoms with Crippen molar-refractivity contribution < 1.29 is 14.3 Å². The van der Waals surface area contributed by atoms with Crippen LogP contribution in [-0.2, 0) is 4.79 Å². The predicted molar refractivity (Wildman–Crippen MR) is 106 cm³/mol. The maximum atomic E-state index is 12.5. The monoisotopic (exact) mass is 360 g/mol. The molecule has 0 spiro atoms. The molecule has 0 heterocycles. The fourth-order valence-corrected chi connectivity index (χ4v) is 2.49. The van der Waals surface area contributed by atoms with Gasteiger partial charge in [0.05, 0.1) is 5.69 Å². The third-order valence-electron chi connectivity index (χ3n) is 3.85. The Hall–Kier alpha value is -3.60. The molecule has 27 heavy (non-hydrogen) atoms. The Bertz CT molecular complexity index is 948. The van der Waals surface area contributed by atoms with E-state index in [1.165, 1.54) is 6.92 Å². The molecular weight excluding hydrogens is 340 g/mol. The van der Waals surface area contributed by atoms with Gasteiger partial charge < -0.3 is 15.4 Å². The van der Waals surface area contributed by atoms with Gasteiger partial charge in [0.1, 0.15) is 5.75 Å². The SMILES string of the molecule is CC(=O)Nc1ccc(C(=O)Nc2ccccc2Oc2ccc(C)cc2)cc1. The second kappa shape index (κ2) is 8.19. The zero-order chi connectivity index (χ0) is 19.2. The number of carbonyl (C=O) groups excluding carboxylic acids is 2. The van der Waals surface area contributed by atoms with Gasteiger partial charge in [-0.3, -0.25) is 9.59 Å². The summed E-state index contributed by atoms with van der Waals surface area (Å²) in [7, 11) is 0. The summed E-state index contributed by atoms with van der Waals surface area (Å²) in [5, 5.41) is 5.54. The summed E-state index contributed by atoms with van der Waals surface area (Å²) in [6, 6.07) is 21.6. The summed E-state index contributed by atoms with van der Waals surface area (Å²) in [4.78, 5) is 23.6. The smallest absolute Gasteiger partial charge is 0.255 e. The van der Waals surface area contributed by atoms with Crippen molar-refractivity contribution >= 4 is 23.2 Å². The number of anilines is 2. The van der Waals surface area contributed by atoms with Gasteiger partial charge in [-0.2, -0.15) is 0 Å². The molecular formula is C22H20N2O3. The molecule has 0 atom stereocenters. The second-order valence-electron chi connectivity index (χ2n) is 6.12. The van der Waals surface area contributed by atoms with Gasteiger partial charge in [-0.1, -0.05) is 29.8 Å². The van der Waals surface area contributed by atoms with E-state index in [0.29, 0.717) is 28.4 Å². The highest BCUT2D eigenvalue weighted by atomic mass is 16.5. The van der Waals surface area contributed by atoms with Gasteiger partial charge >= 0.3 is 0 Å². The molecule has 5 heteroatoms. The number of carbonyl (C=O) groups is 2. The first-order valence-electron chi connectivity index (χ1n) is 8.54. The van der Waals surface area contributed by atoms with Crippen molar-refractivity contribution in [2.24, 2.45) is 0 Å². The van der Waals surface area contributed by atoms with Crippen molar-refractivity contribution in [3.63, 3.8) is 0 Å². The van der Waals surface area contributed by atoms with Crippen molar-refractivity contribution in [3.8, 4) is 11.5 Å². The topological polar surface area (TPSA) is 67.4 Å². The minimum Gasteiger partial charge on any atom is -0.455 e. The fraction of sp³-hybridized carbons (Fsp3) is 0.0909. The Balaban J connectivity index is 1.74. The van der Waals surface area contributed by atoms with E-state index in [2.05, 4.69) is 10.6 Å². The zero-order valence-electron chi connectivity index (χ0n) is 15.2. The lowest BCUT2D eigenvalue weighted by Crippen LogP contribution is -2.13. The second-order valence-corrected chi connectivity index (χ2v) is 6.12. The fourth-order valence-electron chi connectivity index (χ4n) is 2.49. The van der Waals surface area contributed by atoms with Crippen LogP contribution >= 0.6 is 0 Å². The summed E-state index contributed by atoms with van der Waals surface area (Å²) in [5.74, 6) is 0.838. The van der Waals surface area contributed by atoms with Crippen molar-refractivity contribution in [2.75, 3.05) is 10.6 Å². The highest BCUT2D eigenvalue weighted by molar-refractivity contribution is 6.05. The van der Waals surface area contributed by atoms with E-state index in [9.17, 15) is 9.59 Å². The average Bonchev–Trinajstić information content (AvgIpc) is 2.65. The summed E-state index contributed by atoms with van der Waals surface area (Å²) in [5.41, 5.74) is 2.84. The van der Waals surface area contributed by atoms with Crippen LogP contribution in [0.5, 0.6) is 11.5 Å². The van der Waals surface area contributed by atoms with Gasteiger partial charge in [-0.25, -0.2) is 0 Å². The molecule has 0 unspecified atom stereocenters. The quantitative estimate of drug-likeness (QED) is 0.673. The molecule has 2 N–H and O–H groups in total. The van der Waals surface area contributed by atoms with E-state index < -0.39 is 0 Å². The highest BCUT2D eigenvalue weighted by Crippen LogP contribution is 2.29. The average molecular weight is 360 g/mol. The number of ether oxygens (including phenoxy) is 1. The molecule has 0 aliphatic carbocycles. The van der Waals surface area contributed by atoms with Gasteiger partial charge in [0, 0.05) is 18.2 Å². The van der Waals surface area contributed by atoms with Gasteiger partial charge in [-0.05, 0) is 55.5 Å². The molecule has 0 fully saturated rings. The van der Waals surface area contributed by atoms with Crippen LogP contribution in [-0.4, -0.2) is 11.8 Å². The Morgan fingerprint density at radius 3 is 2.15 bits per heavy atom. The van der Waals surface area contributed by atoms with E-state index in [1.807, 2.05) is 43.3 Å². The number of amides is 2. The largest absolute Gasteiger partial charge is 0.455 e. The molecule has 0 saturated carbocycles. The molecule has 2 amide bonds. The molecule has 0 aliphatic heterocycles. The van der Waals surface area contributed by atoms with Gasteiger partial charge in [0.25, 0.3) is 5.91 Å². The summed E-state index contributed by atoms with van der Waals surface area (Å²) >= 11 is 0. The van der Waals surface area contributed by atoms with Gasteiger partial charge in [0.15, 0.2) is 5.75 Å². The molecule has 136 valence electrons. The number of hydrogen-bond acceptors (Lipinski definition) is 3. The van der Waals surface area contributed by atoms with E-state index in [1.54, 1.807) is 36.4 Å². The molecule has 0 aromatic heterocycles.